The number of amides is 1. The number of aliphatic hydroxyl groups is 2. The van der Waals surface area contributed by atoms with Crippen LogP contribution in [0, 0.1) is 0 Å². The number of unbranched alkanes of at least 4 members (excludes halogenated alkanes) is 35. The predicted octanol–water partition coefficient (Wildman–Crippen LogP) is 17.4. The highest BCUT2D eigenvalue weighted by atomic mass is 16.5. The summed E-state index contributed by atoms with van der Waals surface area (Å²) in [5.74, 6) is -0.126. The number of hydrogen-bond donors (Lipinski definition) is 3. The maximum atomic E-state index is 12.5. The van der Waals surface area contributed by atoms with E-state index in [1.54, 1.807) is 6.08 Å². The molecule has 1 amide bonds. The summed E-state index contributed by atoms with van der Waals surface area (Å²) in [5, 5.41) is 23.1. The largest absolute Gasteiger partial charge is 0.466 e. The highest BCUT2D eigenvalue weighted by Crippen LogP contribution is 2.16. The van der Waals surface area contributed by atoms with E-state index in [-0.39, 0.29) is 18.5 Å². The monoisotopic (exact) mass is 912 g/mol. The fourth-order valence-corrected chi connectivity index (χ4v) is 8.42. The highest BCUT2D eigenvalue weighted by molar-refractivity contribution is 5.76. The SMILES string of the molecule is CCCCC/C=C\C/C=C\CCCCCCCCCC(=O)OCCCCC/C=C\CCCCCCCC(=O)NC(CO)C(O)/C=C/CCCCCCCCCCCCCCCCCCC. The third-order valence-corrected chi connectivity index (χ3v) is 12.8. The molecule has 0 fully saturated rings. The summed E-state index contributed by atoms with van der Waals surface area (Å²) in [4.78, 5) is 24.5. The van der Waals surface area contributed by atoms with E-state index in [1.165, 1.54) is 173 Å². The van der Waals surface area contributed by atoms with Gasteiger partial charge in [0, 0.05) is 12.8 Å². The maximum absolute atomic E-state index is 12.5. The first-order valence-corrected chi connectivity index (χ1v) is 28.4. The van der Waals surface area contributed by atoms with Crippen molar-refractivity contribution in [3.05, 3.63) is 48.6 Å². The van der Waals surface area contributed by atoms with Crippen LogP contribution >= 0.6 is 0 Å². The predicted molar refractivity (Wildman–Crippen MR) is 282 cm³/mol. The Hall–Kier alpha value is -2.18. The van der Waals surface area contributed by atoms with Crippen LogP contribution in [0.5, 0.6) is 0 Å². The summed E-state index contributed by atoms with van der Waals surface area (Å²) in [6.07, 6.45) is 68.4. The summed E-state index contributed by atoms with van der Waals surface area (Å²) in [6.45, 7) is 4.82. The second-order valence-electron chi connectivity index (χ2n) is 19.3. The third kappa shape index (κ3) is 51.1. The van der Waals surface area contributed by atoms with E-state index in [9.17, 15) is 19.8 Å². The molecule has 0 saturated heterocycles. The van der Waals surface area contributed by atoms with Crippen molar-refractivity contribution < 1.29 is 24.5 Å². The van der Waals surface area contributed by atoms with Crippen LogP contribution in [0.1, 0.15) is 290 Å². The quantitative estimate of drug-likeness (QED) is 0.0321. The van der Waals surface area contributed by atoms with Gasteiger partial charge in [-0.3, -0.25) is 9.59 Å². The Labute approximate surface area is 404 Å². The Morgan fingerprint density at radius 2 is 0.769 bits per heavy atom. The molecule has 65 heavy (non-hydrogen) atoms. The molecule has 6 nitrogen and oxygen atoms in total. The Balaban J connectivity index is 3.54. The van der Waals surface area contributed by atoms with Crippen molar-refractivity contribution in [3.8, 4) is 0 Å². The van der Waals surface area contributed by atoms with Gasteiger partial charge in [-0.15, -0.1) is 0 Å². The van der Waals surface area contributed by atoms with Crippen LogP contribution in [0.15, 0.2) is 48.6 Å². The van der Waals surface area contributed by atoms with E-state index >= 15 is 0 Å². The average Bonchev–Trinajstić information content (AvgIpc) is 3.31. The van der Waals surface area contributed by atoms with Gasteiger partial charge in [-0.1, -0.05) is 229 Å². The van der Waals surface area contributed by atoms with Gasteiger partial charge in [0.05, 0.1) is 25.4 Å². The molecule has 0 radical (unpaired) electrons. The average molecular weight is 913 g/mol. The number of ether oxygens (including phenoxy) is 1. The van der Waals surface area contributed by atoms with Gasteiger partial charge in [-0.05, 0) is 96.3 Å². The molecule has 6 heteroatoms. The summed E-state index contributed by atoms with van der Waals surface area (Å²) in [7, 11) is 0. The molecule has 0 spiro atoms. The molecule has 3 N–H and O–H groups in total. The van der Waals surface area contributed by atoms with Crippen LogP contribution in [-0.4, -0.2) is 47.4 Å². The van der Waals surface area contributed by atoms with Crippen molar-refractivity contribution in [2.24, 2.45) is 0 Å². The first-order valence-electron chi connectivity index (χ1n) is 28.4. The summed E-state index contributed by atoms with van der Waals surface area (Å²) in [5.41, 5.74) is 0. The zero-order chi connectivity index (χ0) is 47.2. The zero-order valence-electron chi connectivity index (χ0n) is 43.2. The molecule has 0 bridgehead atoms. The van der Waals surface area contributed by atoms with Gasteiger partial charge < -0.3 is 20.3 Å². The minimum Gasteiger partial charge on any atom is -0.466 e. The van der Waals surface area contributed by atoms with Crippen molar-refractivity contribution in [2.45, 2.75) is 302 Å². The number of nitrogens with one attached hydrogen (secondary N) is 1. The lowest BCUT2D eigenvalue weighted by Crippen LogP contribution is -2.45. The molecule has 0 aliphatic carbocycles. The number of carbonyl (C=O) groups is 2. The Morgan fingerprint density at radius 3 is 1.22 bits per heavy atom. The minimum atomic E-state index is -0.863. The number of rotatable bonds is 52. The molecule has 0 rings (SSSR count). The molecule has 0 aromatic rings. The Bertz CT molecular complexity index is 1100. The molecular weight excluding hydrogens is 803 g/mol. The molecule has 2 unspecified atom stereocenters. The van der Waals surface area contributed by atoms with Crippen molar-refractivity contribution in [2.75, 3.05) is 13.2 Å². The van der Waals surface area contributed by atoms with Crippen LogP contribution in [0.3, 0.4) is 0 Å². The lowest BCUT2D eigenvalue weighted by molar-refractivity contribution is -0.143. The van der Waals surface area contributed by atoms with Gasteiger partial charge >= 0.3 is 5.97 Å². The van der Waals surface area contributed by atoms with Gasteiger partial charge in [0.1, 0.15) is 0 Å². The molecule has 0 aromatic heterocycles. The van der Waals surface area contributed by atoms with E-state index < -0.39 is 12.1 Å². The number of hydrogen-bond acceptors (Lipinski definition) is 5. The van der Waals surface area contributed by atoms with E-state index in [2.05, 4.69) is 55.6 Å². The van der Waals surface area contributed by atoms with Crippen molar-refractivity contribution in [1.82, 2.24) is 5.32 Å². The second-order valence-corrected chi connectivity index (χ2v) is 19.3. The number of allylic oxidation sites excluding steroid dienone is 7. The highest BCUT2D eigenvalue weighted by Gasteiger charge is 2.18. The standard InChI is InChI=1S/C59H109NO5/c1-3-5-7-9-11-13-15-17-19-21-22-24-25-27-31-35-39-43-47-51-57(62)56(55-61)60-58(63)52-48-44-40-36-32-29-30-34-38-42-46-50-54-65-59(64)53-49-45-41-37-33-28-26-23-20-18-16-14-12-10-8-6-4-2/h12,14,18,20,30,34,47,51,56-57,61-62H,3-11,13,15-17,19,21-29,31-33,35-46,48-50,52-55H2,1-2H3,(H,60,63)/b14-12-,20-18-,34-30-,51-47+. The maximum Gasteiger partial charge on any atom is 0.305 e. The fourth-order valence-electron chi connectivity index (χ4n) is 8.42. The fraction of sp³-hybridized carbons (Fsp3) is 0.831. The molecule has 0 saturated carbocycles. The van der Waals surface area contributed by atoms with Crippen LogP contribution in [0.25, 0.3) is 0 Å². The van der Waals surface area contributed by atoms with E-state index in [1.807, 2.05) is 6.08 Å². The molecule has 0 aliphatic rings. The van der Waals surface area contributed by atoms with Crippen LogP contribution < -0.4 is 5.32 Å². The normalized spacial score (nSPS) is 13.0. The Kier molecular flexibility index (Phi) is 52.6. The van der Waals surface area contributed by atoms with Gasteiger partial charge in [-0.2, -0.15) is 0 Å². The summed E-state index contributed by atoms with van der Waals surface area (Å²) < 4.78 is 5.45. The van der Waals surface area contributed by atoms with Crippen molar-refractivity contribution in [1.29, 1.82) is 0 Å². The number of aliphatic hydroxyl groups excluding tert-OH is 2. The minimum absolute atomic E-state index is 0.0324. The van der Waals surface area contributed by atoms with Gasteiger partial charge in [0.2, 0.25) is 5.91 Å². The van der Waals surface area contributed by atoms with E-state index in [0.717, 1.165) is 89.9 Å². The van der Waals surface area contributed by atoms with E-state index in [4.69, 9.17) is 4.74 Å². The van der Waals surface area contributed by atoms with Gasteiger partial charge in [0.15, 0.2) is 0 Å². The third-order valence-electron chi connectivity index (χ3n) is 12.8. The second kappa shape index (κ2) is 54.4. The lowest BCUT2D eigenvalue weighted by atomic mass is 10.0. The number of esters is 1. The first kappa shape index (κ1) is 62.8. The molecule has 0 aliphatic heterocycles. The van der Waals surface area contributed by atoms with Crippen LogP contribution in [-0.2, 0) is 14.3 Å². The summed E-state index contributed by atoms with van der Waals surface area (Å²) >= 11 is 0. The smallest absolute Gasteiger partial charge is 0.305 e. The number of carbonyl (C=O) groups excluding carboxylic acids is 2. The van der Waals surface area contributed by atoms with Gasteiger partial charge in [-0.25, -0.2) is 0 Å². The lowest BCUT2D eigenvalue weighted by Gasteiger charge is -2.20. The molecule has 0 heterocycles. The van der Waals surface area contributed by atoms with Gasteiger partial charge in [0.25, 0.3) is 0 Å². The topological polar surface area (TPSA) is 95.9 Å². The first-order chi connectivity index (χ1) is 32.0. The van der Waals surface area contributed by atoms with Crippen LogP contribution in [0.4, 0.5) is 0 Å². The van der Waals surface area contributed by atoms with Crippen LogP contribution in [0.2, 0.25) is 0 Å². The zero-order valence-corrected chi connectivity index (χ0v) is 43.2. The Morgan fingerprint density at radius 1 is 0.431 bits per heavy atom. The van der Waals surface area contributed by atoms with Crippen molar-refractivity contribution >= 4 is 11.9 Å². The molecule has 0 aromatic carbocycles. The molecular formula is C59H109NO5. The molecule has 2 atom stereocenters. The van der Waals surface area contributed by atoms with Crippen molar-refractivity contribution in [3.63, 3.8) is 0 Å². The summed E-state index contributed by atoms with van der Waals surface area (Å²) in [6, 6.07) is -0.649. The van der Waals surface area contributed by atoms with E-state index in [0.29, 0.717) is 19.4 Å². The molecule has 380 valence electrons.